The number of rotatable bonds is 3. The van der Waals surface area contributed by atoms with Gasteiger partial charge in [0, 0.05) is 30.6 Å². The number of ether oxygens (including phenoxy) is 1. The summed E-state index contributed by atoms with van der Waals surface area (Å²) in [6.45, 7) is 2.10. The van der Waals surface area contributed by atoms with Gasteiger partial charge in [0.05, 0.1) is 12.1 Å². The van der Waals surface area contributed by atoms with Crippen LogP contribution in [0, 0.1) is 0 Å². The molecule has 5 heteroatoms. The lowest BCUT2D eigenvalue weighted by Crippen LogP contribution is -2.43. The van der Waals surface area contributed by atoms with Gasteiger partial charge in [0.15, 0.2) is 5.78 Å². The van der Waals surface area contributed by atoms with Crippen LogP contribution in [0.2, 0.25) is 0 Å². The standard InChI is InChI=1S/C9H12N2O2S/c12-8(3-7-4-11-6-14-7)9-5-10-1-2-13-9/h4,6,9-10H,1-3,5H2. The molecule has 2 rings (SSSR count). The van der Waals surface area contributed by atoms with Gasteiger partial charge >= 0.3 is 0 Å². The number of hydrogen-bond donors (Lipinski definition) is 1. The summed E-state index contributed by atoms with van der Waals surface area (Å²) in [5.74, 6) is 0.140. The van der Waals surface area contributed by atoms with Crippen molar-refractivity contribution in [2.45, 2.75) is 12.5 Å². The molecule has 1 unspecified atom stereocenters. The van der Waals surface area contributed by atoms with Crippen molar-refractivity contribution in [3.05, 3.63) is 16.6 Å². The van der Waals surface area contributed by atoms with Crippen LogP contribution in [0.3, 0.4) is 0 Å². The molecular weight excluding hydrogens is 200 g/mol. The van der Waals surface area contributed by atoms with Crippen LogP contribution in [0.15, 0.2) is 11.7 Å². The molecular formula is C9H12N2O2S. The fourth-order valence-electron chi connectivity index (χ4n) is 1.39. The fourth-order valence-corrected chi connectivity index (χ4v) is 1.99. The maximum absolute atomic E-state index is 11.7. The molecule has 1 aliphatic rings. The van der Waals surface area contributed by atoms with Gasteiger partial charge in [0.25, 0.3) is 0 Å². The molecule has 1 fully saturated rings. The zero-order valence-corrected chi connectivity index (χ0v) is 8.55. The van der Waals surface area contributed by atoms with Gasteiger partial charge in [-0.2, -0.15) is 0 Å². The Labute approximate surface area is 86.3 Å². The number of ketones is 1. The van der Waals surface area contributed by atoms with Crippen molar-refractivity contribution in [3.8, 4) is 0 Å². The Bertz CT molecular complexity index is 294. The fraction of sp³-hybridized carbons (Fsp3) is 0.556. The number of aromatic nitrogens is 1. The quantitative estimate of drug-likeness (QED) is 0.780. The average Bonchev–Trinajstić information content (AvgIpc) is 2.72. The van der Waals surface area contributed by atoms with Gasteiger partial charge in [0.2, 0.25) is 0 Å². The predicted molar refractivity (Wildman–Crippen MR) is 53.4 cm³/mol. The van der Waals surface area contributed by atoms with Gasteiger partial charge in [-0.05, 0) is 0 Å². The van der Waals surface area contributed by atoms with E-state index in [9.17, 15) is 4.79 Å². The van der Waals surface area contributed by atoms with Gasteiger partial charge in [-0.1, -0.05) is 0 Å². The summed E-state index contributed by atoms with van der Waals surface area (Å²) >= 11 is 1.51. The molecule has 0 aliphatic carbocycles. The second kappa shape index (κ2) is 4.63. The molecule has 14 heavy (non-hydrogen) atoms. The minimum Gasteiger partial charge on any atom is -0.368 e. The molecule has 1 aliphatic heterocycles. The molecule has 2 heterocycles. The summed E-state index contributed by atoms with van der Waals surface area (Å²) in [5.41, 5.74) is 1.74. The van der Waals surface area contributed by atoms with E-state index in [4.69, 9.17) is 4.74 Å². The third-order valence-electron chi connectivity index (χ3n) is 2.12. The number of nitrogens with one attached hydrogen (secondary N) is 1. The largest absolute Gasteiger partial charge is 0.368 e. The van der Waals surface area contributed by atoms with Crippen LogP contribution in [0.4, 0.5) is 0 Å². The van der Waals surface area contributed by atoms with Gasteiger partial charge in [0.1, 0.15) is 6.10 Å². The van der Waals surface area contributed by atoms with Crippen LogP contribution in [0.1, 0.15) is 4.88 Å². The average molecular weight is 212 g/mol. The molecule has 0 aromatic carbocycles. The van der Waals surface area contributed by atoms with Gasteiger partial charge in [-0.15, -0.1) is 11.3 Å². The number of carbonyl (C=O) groups is 1. The molecule has 0 saturated carbocycles. The van der Waals surface area contributed by atoms with Crippen molar-refractivity contribution < 1.29 is 9.53 Å². The Hall–Kier alpha value is -0.780. The molecule has 1 N–H and O–H groups in total. The Morgan fingerprint density at radius 2 is 2.71 bits per heavy atom. The lowest BCUT2D eigenvalue weighted by molar-refractivity contribution is -0.131. The second-order valence-corrected chi connectivity index (χ2v) is 4.15. The van der Waals surface area contributed by atoms with E-state index in [1.54, 1.807) is 11.7 Å². The third kappa shape index (κ3) is 2.37. The van der Waals surface area contributed by atoms with E-state index in [0.717, 1.165) is 11.4 Å². The first-order valence-electron chi connectivity index (χ1n) is 4.58. The Balaban J connectivity index is 1.88. The zero-order chi connectivity index (χ0) is 9.80. The molecule has 0 amide bonds. The highest BCUT2D eigenvalue weighted by Crippen LogP contribution is 2.09. The summed E-state index contributed by atoms with van der Waals surface area (Å²) in [5, 5.41) is 3.14. The highest BCUT2D eigenvalue weighted by Gasteiger charge is 2.21. The molecule has 0 radical (unpaired) electrons. The first-order chi connectivity index (χ1) is 6.86. The molecule has 76 valence electrons. The van der Waals surface area contributed by atoms with E-state index in [1.165, 1.54) is 11.3 Å². The van der Waals surface area contributed by atoms with Crippen LogP contribution in [0.25, 0.3) is 0 Å². The molecule has 0 spiro atoms. The monoisotopic (exact) mass is 212 g/mol. The Morgan fingerprint density at radius 3 is 3.36 bits per heavy atom. The number of Topliss-reactive ketones (excluding diaryl/α,β-unsaturated/α-hetero) is 1. The van der Waals surface area contributed by atoms with E-state index in [-0.39, 0.29) is 11.9 Å². The van der Waals surface area contributed by atoms with E-state index in [0.29, 0.717) is 19.6 Å². The van der Waals surface area contributed by atoms with E-state index < -0.39 is 0 Å². The number of hydrogen-bond acceptors (Lipinski definition) is 5. The Morgan fingerprint density at radius 1 is 1.79 bits per heavy atom. The molecule has 4 nitrogen and oxygen atoms in total. The number of carbonyl (C=O) groups excluding carboxylic acids is 1. The van der Waals surface area contributed by atoms with Crippen LogP contribution in [-0.4, -0.2) is 36.6 Å². The summed E-state index contributed by atoms with van der Waals surface area (Å²) in [7, 11) is 0. The minimum atomic E-state index is -0.272. The maximum atomic E-state index is 11.7. The van der Waals surface area contributed by atoms with Crippen molar-refractivity contribution in [1.82, 2.24) is 10.3 Å². The van der Waals surface area contributed by atoms with Crippen molar-refractivity contribution >= 4 is 17.1 Å². The van der Waals surface area contributed by atoms with Crippen molar-refractivity contribution in [2.24, 2.45) is 0 Å². The zero-order valence-electron chi connectivity index (χ0n) is 7.73. The SMILES string of the molecule is O=C(Cc1cncs1)C1CNCCO1. The van der Waals surface area contributed by atoms with Crippen molar-refractivity contribution in [1.29, 1.82) is 0 Å². The smallest absolute Gasteiger partial charge is 0.168 e. The molecule has 0 bridgehead atoms. The topological polar surface area (TPSA) is 51.2 Å². The number of nitrogens with zero attached hydrogens (tertiary/aromatic N) is 1. The summed E-state index contributed by atoms with van der Waals surface area (Å²) in [4.78, 5) is 16.6. The third-order valence-corrected chi connectivity index (χ3v) is 2.90. The van der Waals surface area contributed by atoms with Gasteiger partial charge < -0.3 is 10.1 Å². The molecule has 1 saturated heterocycles. The molecule has 1 atom stereocenters. The van der Waals surface area contributed by atoms with E-state index >= 15 is 0 Å². The van der Waals surface area contributed by atoms with Crippen LogP contribution in [-0.2, 0) is 16.0 Å². The molecule has 1 aromatic rings. The van der Waals surface area contributed by atoms with E-state index in [2.05, 4.69) is 10.3 Å². The first-order valence-corrected chi connectivity index (χ1v) is 5.46. The first kappa shape index (κ1) is 9.76. The van der Waals surface area contributed by atoms with Gasteiger partial charge in [-0.25, -0.2) is 0 Å². The predicted octanol–water partition coefficient (Wildman–Crippen LogP) is 0.243. The van der Waals surface area contributed by atoms with Crippen LogP contribution in [0.5, 0.6) is 0 Å². The van der Waals surface area contributed by atoms with Crippen molar-refractivity contribution in [3.63, 3.8) is 0 Å². The lowest BCUT2D eigenvalue weighted by atomic mass is 10.1. The highest BCUT2D eigenvalue weighted by molar-refractivity contribution is 7.09. The summed E-state index contributed by atoms with van der Waals surface area (Å²) in [6, 6.07) is 0. The van der Waals surface area contributed by atoms with Crippen LogP contribution >= 0.6 is 11.3 Å². The number of morpholine rings is 1. The number of thiazole rings is 1. The van der Waals surface area contributed by atoms with Crippen LogP contribution < -0.4 is 5.32 Å². The maximum Gasteiger partial charge on any atom is 0.168 e. The van der Waals surface area contributed by atoms with Gasteiger partial charge in [-0.3, -0.25) is 9.78 Å². The summed E-state index contributed by atoms with van der Waals surface area (Å²) < 4.78 is 5.36. The normalized spacial score (nSPS) is 22.1. The van der Waals surface area contributed by atoms with E-state index in [1.807, 2.05) is 0 Å². The highest BCUT2D eigenvalue weighted by atomic mass is 32.1. The molecule has 1 aromatic heterocycles. The van der Waals surface area contributed by atoms with Crippen molar-refractivity contribution in [2.75, 3.05) is 19.7 Å². The lowest BCUT2D eigenvalue weighted by Gasteiger charge is -2.22. The minimum absolute atomic E-state index is 0.140. The summed E-state index contributed by atoms with van der Waals surface area (Å²) in [6.07, 6.45) is 1.90. The Kier molecular flexibility index (Phi) is 3.23. The second-order valence-electron chi connectivity index (χ2n) is 3.17.